The zero-order chi connectivity index (χ0) is 20.9. The summed E-state index contributed by atoms with van der Waals surface area (Å²) in [5.41, 5.74) is 1.37. The van der Waals surface area contributed by atoms with Crippen molar-refractivity contribution in [2.45, 2.75) is 44.9 Å². The third-order valence-corrected chi connectivity index (χ3v) is 6.29. The molecule has 2 aliphatic rings. The van der Waals surface area contributed by atoms with Gasteiger partial charge >= 0.3 is 6.55 Å². The molecular formula is C22H31F2IN6. The van der Waals surface area contributed by atoms with Gasteiger partial charge in [-0.1, -0.05) is 30.3 Å². The van der Waals surface area contributed by atoms with Crippen LogP contribution in [0.1, 0.15) is 37.2 Å². The lowest BCUT2D eigenvalue weighted by Gasteiger charge is -2.48. The summed E-state index contributed by atoms with van der Waals surface area (Å²) in [5.74, 6) is 1.67. The highest BCUT2D eigenvalue weighted by Crippen LogP contribution is 2.31. The Bertz CT molecular complexity index is 844. The van der Waals surface area contributed by atoms with Gasteiger partial charge in [0.05, 0.1) is 6.54 Å². The molecule has 0 amide bonds. The van der Waals surface area contributed by atoms with Gasteiger partial charge in [0.2, 0.25) is 0 Å². The fraction of sp³-hybridized carbons (Fsp3) is 0.545. The summed E-state index contributed by atoms with van der Waals surface area (Å²) in [5, 5.41) is 3.23. The second-order valence-electron chi connectivity index (χ2n) is 8.09. The van der Waals surface area contributed by atoms with Crippen molar-refractivity contribution in [2.75, 3.05) is 26.7 Å². The largest absolute Gasteiger partial charge is 0.349 e. The van der Waals surface area contributed by atoms with Crippen LogP contribution in [-0.4, -0.2) is 58.0 Å². The summed E-state index contributed by atoms with van der Waals surface area (Å²) in [6.45, 7) is 1.66. The van der Waals surface area contributed by atoms with Crippen molar-refractivity contribution in [3.8, 4) is 0 Å². The van der Waals surface area contributed by atoms with E-state index in [2.05, 4.69) is 55.4 Å². The van der Waals surface area contributed by atoms with Crippen molar-refractivity contribution in [3.05, 3.63) is 54.1 Å². The average molecular weight is 544 g/mol. The molecule has 0 radical (unpaired) electrons. The second-order valence-corrected chi connectivity index (χ2v) is 8.09. The summed E-state index contributed by atoms with van der Waals surface area (Å²) in [7, 11) is 1.75. The van der Waals surface area contributed by atoms with Crippen molar-refractivity contribution < 1.29 is 8.78 Å². The molecule has 0 aliphatic carbocycles. The number of aromatic nitrogens is 2. The number of aliphatic imine (C=N–C) groups is 1. The van der Waals surface area contributed by atoms with E-state index in [-0.39, 0.29) is 30.5 Å². The Kier molecular flexibility index (Phi) is 8.65. The zero-order valence-electron chi connectivity index (χ0n) is 17.8. The molecular weight excluding hydrogens is 513 g/mol. The minimum absolute atomic E-state index is 0. The maximum atomic E-state index is 13.1. The number of rotatable bonds is 5. The molecule has 4 rings (SSSR count). The number of hydrogen-bond acceptors (Lipinski definition) is 3. The highest BCUT2D eigenvalue weighted by Gasteiger charge is 2.36. The van der Waals surface area contributed by atoms with Crippen LogP contribution >= 0.6 is 24.0 Å². The summed E-state index contributed by atoms with van der Waals surface area (Å²) >= 11 is 0. The van der Waals surface area contributed by atoms with E-state index in [9.17, 15) is 8.78 Å². The van der Waals surface area contributed by atoms with E-state index >= 15 is 0 Å². The van der Waals surface area contributed by atoms with Gasteiger partial charge in [-0.15, -0.1) is 24.0 Å². The van der Waals surface area contributed by atoms with Gasteiger partial charge in [-0.2, -0.15) is 8.78 Å². The fourth-order valence-electron chi connectivity index (χ4n) is 4.86. The van der Waals surface area contributed by atoms with Gasteiger partial charge in [0, 0.05) is 45.1 Å². The monoisotopic (exact) mass is 544 g/mol. The number of nitrogens with one attached hydrogen (secondary N) is 1. The molecule has 170 valence electrons. The quantitative estimate of drug-likeness (QED) is 0.352. The van der Waals surface area contributed by atoms with Crippen molar-refractivity contribution in [1.82, 2.24) is 24.7 Å². The van der Waals surface area contributed by atoms with Gasteiger partial charge in [0.1, 0.15) is 5.82 Å². The molecule has 2 aliphatic heterocycles. The molecule has 0 bridgehead atoms. The molecule has 2 saturated heterocycles. The lowest BCUT2D eigenvalue weighted by Crippen LogP contribution is -2.56. The van der Waals surface area contributed by atoms with E-state index in [1.54, 1.807) is 7.05 Å². The lowest BCUT2D eigenvalue weighted by atomic mass is 9.83. The molecule has 1 N–H and O–H groups in total. The van der Waals surface area contributed by atoms with Crippen LogP contribution in [0, 0.1) is 5.92 Å². The minimum atomic E-state index is -2.58. The highest BCUT2D eigenvalue weighted by molar-refractivity contribution is 14.0. The second kappa shape index (κ2) is 11.2. The van der Waals surface area contributed by atoms with E-state index in [4.69, 9.17) is 0 Å². The van der Waals surface area contributed by atoms with Crippen LogP contribution in [0.2, 0.25) is 0 Å². The van der Waals surface area contributed by atoms with Gasteiger partial charge in [0.25, 0.3) is 0 Å². The summed E-state index contributed by atoms with van der Waals surface area (Å²) in [4.78, 5) is 13.3. The van der Waals surface area contributed by atoms with E-state index in [0.29, 0.717) is 17.8 Å². The van der Waals surface area contributed by atoms with Crippen molar-refractivity contribution in [3.63, 3.8) is 0 Å². The smallest absolute Gasteiger partial charge is 0.319 e. The van der Waals surface area contributed by atoms with Gasteiger partial charge < -0.3 is 10.2 Å². The molecule has 2 atom stereocenters. The van der Waals surface area contributed by atoms with Crippen molar-refractivity contribution in [2.24, 2.45) is 10.9 Å². The molecule has 2 unspecified atom stereocenters. The Balaban J connectivity index is 0.00000272. The molecule has 1 aromatic heterocycles. The van der Waals surface area contributed by atoms with Crippen molar-refractivity contribution >= 4 is 29.9 Å². The van der Waals surface area contributed by atoms with Crippen LogP contribution in [-0.2, 0) is 13.1 Å². The molecule has 1 aromatic carbocycles. The first-order chi connectivity index (χ1) is 14.7. The first kappa shape index (κ1) is 23.9. The Labute approximate surface area is 199 Å². The number of fused-ring (bicyclic) bond motifs is 1. The maximum absolute atomic E-state index is 13.1. The number of benzene rings is 1. The van der Waals surface area contributed by atoms with Crippen LogP contribution in [0.5, 0.6) is 0 Å². The summed E-state index contributed by atoms with van der Waals surface area (Å²) in [6.07, 6.45) is 6.23. The Morgan fingerprint density at radius 3 is 2.77 bits per heavy atom. The number of piperidine rings is 2. The number of halogens is 3. The van der Waals surface area contributed by atoms with Crippen LogP contribution in [0.3, 0.4) is 0 Å². The lowest BCUT2D eigenvalue weighted by molar-refractivity contribution is 0.0371. The number of imidazole rings is 1. The third kappa shape index (κ3) is 5.74. The number of guanidine groups is 1. The van der Waals surface area contributed by atoms with E-state index in [1.807, 2.05) is 0 Å². The van der Waals surface area contributed by atoms with Gasteiger partial charge in [-0.3, -0.25) is 14.5 Å². The fourth-order valence-corrected chi connectivity index (χ4v) is 4.86. The van der Waals surface area contributed by atoms with Crippen LogP contribution in [0.25, 0.3) is 0 Å². The Morgan fingerprint density at radius 1 is 1.23 bits per heavy atom. The van der Waals surface area contributed by atoms with Gasteiger partial charge in [0.15, 0.2) is 5.96 Å². The van der Waals surface area contributed by atoms with E-state index in [0.717, 1.165) is 43.1 Å². The number of hydrogen-bond donors (Lipinski definition) is 1. The third-order valence-electron chi connectivity index (χ3n) is 6.29. The average Bonchev–Trinajstić information content (AvgIpc) is 3.24. The van der Waals surface area contributed by atoms with Crippen LogP contribution < -0.4 is 5.32 Å². The van der Waals surface area contributed by atoms with Crippen LogP contribution in [0.4, 0.5) is 8.78 Å². The SMILES string of the molecule is CN=C(NCc1nccn1C(F)F)N1CCC2C(CCCN2Cc2ccccc2)C1.I. The minimum Gasteiger partial charge on any atom is -0.349 e. The first-order valence-electron chi connectivity index (χ1n) is 10.7. The van der Waals surface area contributed by atoms with E-state index < -0.39 is 6.55 Å². The van der Waals surface area contributed by atoms with Gasteiger partial charge in [-0.25, -0.2) is 4.98 Å². The number of nitrogens with zero attached hydrogens (tertiary/aromatic N) is 5. The normalized spacial score (nSPS) is 22.2. The number of alkyl halides is 2. The predicted molar refractivity (Wildman–Crippen MR) is 129 cm³/mol. The standard InChI is InChI=1S/C22H30F2N6.HI/c1-25-22(27-14-20-26-10-13-30(20)21(23)24)29-12-9-19-18(16-29)8-5-11-28(19)15-17-6-3-2-4-7-17;/h2-4,6-7,10,13,18-19,21H,5,8-9,11-12,14-16H2,1H3,(H,25,27);1H. The van der Waals surface area contributed by atoms with Crippen molar-refractivity contribution in [1.29, 1.82) is 0 Å². The first-order valence-corrected chi connectivity index (χ1v) is 10.7. The molecule has 9 heteroatoms. The predicted octanol–water partition coefficient (Wildman–Crippen LogP) is 3.96. The van der Waals surface area contributed by atoms with E-state index in [1.165, 1.54) is 30.8 Å². The molecule has 0 spiro atoms. The van der Waals surface area contributed by atoms with Gasteiger partial charge in [-0.05, 0) is 37.3 Å². The topological polar surface area (TPSA) is 48.7 Å². The molecule has 0 saturated carbocycles. The zero-order valence-corrected chi connectivity index (χ0v) is 20.2. The highest BCUT2D eigenvalue weighted by atomic mass is 127. The summed E-state index contributed by atoms with van der Waals surface area (Å²) in [6, 6.07) is 11.3. The Morgan fingerprint density at radius 2 is 2.03 bits per heavy atom. The number of likely N-dealkylation sites (tertiary alicyclic amines) is 2. The van der Waals surface area contributed by atoms with Crippen LogP contribution in [0.15, 0.2) is 47.7 Å². The molecule has 3 heterocycles. The molecule has 31 heavy (non-hydrogen) atoms. The maximum Gasteiger partial charge on any atom is 0.319 e. The summed E-state index contributed by atoms with van der Waals surface area (Å²) < 4.78 is 27.0. The Hall–Kier alpha value is -1.75. The molecule has 2 aromatic rings. The molecule has 6 nitrogen and oxygen atoms in total. The molecule has 2 fully saturated rings.